The van der Waals surface area contributed by atoms with Crippen LogP contribution in [0.2, 0.25) is 0 Å². The first kappa shape index (κ1) is 51.5. The third-order valence-corrected chi connectivity index (χ3v) is 11.8. The summed E-state index contributed by atoms with van der Waals surface area (Å²) in [5.74, 6) is -9.90. The summed E-state index contributed by atoms with van der Waals surface area (Å²) in [6, 6.07) is 3.42. The van der Waals surface area contributed by atoms with Gasteiger partial charge in [-0.2, -0.15) is 0 Å². The van der Waals surface area contributed by atoms with Crippen molar-refractivity contribution in [3.63, 3.8) is 0 Å². The van der Waals surface area contributed by atoms with Crippen molar-refractivity contribution in [2.24, 2.45) is 17.6 Å². The Kier molecular flexibility index (Phi) is 18.9. The molecule has 12 N–H and O–H groups in total. The number of carbonyl (C=O) groups excluding carboxylic acids is 12. The van der Waals surface area contributed by atoms with Gasteiger partial charge in [-0.1, -0.05) is 56.5 Å². The zero-order chi connectivity index (χ0) is 48.6. The molecule has 66 heavy (non-hydrogen) atoms. The summed E-state index contributed by atoms with van der Waals surface area (Å²) in [7, 11) is 0. The molecule has 0 bridgehead atoms. The molecule has 1 saturated carbocycles. The lowest BCUT2D eigenvalue weighted by molar-refractivity contribution is -0.148. The number of nitrogens with one attached hydrogen (secondary N) is 10. The second-order valence-electron chi connectivity index (χ2n) is 16.6. The van der Waals surface area contributed by atoms with Gasteiger partial charge in [-0.15, -0.1) is 0 Å². The van der Waals surface area contributed by atoms with E-state index in [1.807, 2.05) is 32.9 Å². The highest BCUT2D eigenvalue weighted by molar-refractivity contribution is 5.98. The van der Waals surface area contributed by atoms with Crippen molar-refractivity contribution in [1.29, 1.82) is 0 Å². The first-order chi connectivity index (χ1) is 31.3. The maximum atomic E-state index is 13.9. The fourth-order valence-corrected chi connectivity index (χ4v) is 7.85. The normalized spacial score (nSPS) is 26.2. The molecule has 6 atom stereocenters. The number of aryl methyl sites for hydroxylation is 1. The molecule has 2 aliphatic heterocycles. The molecule has 12 amide bonds. The third kappa shape index (κ3) is 15.0. The number of amides is 12. The van der Waals surface area contributed by atoms with Gasteiger partial charge in [0, 0.05) is 13.0 Å². The minimum Gasteiger partial charge on any atom is -0.368 e. The zero-order valence-corrected chi connectivity index (χ0v) is 37.2. The number of nitrogens with zero attached hydrogens (tertiary/aromatic N) is 1. The van der Waals surface area contributed by atoms with Gasteiger partial charge < -0.3 is 63.8 Å². The molecule has 24 heteroatoms. The number of carbonyl (C=O) groups is 12. The second-order valence-corrected chi connectivity index (χ2v) is 16.6. The van der Waals surface area contributed by atoms with E-state index in [9.17, 15) is 57.5 Å². The van der Waals surface area contributed by atoms with Crippen LogP contribution in [0.15, 0.2) is 24.3 Å². The van der Waals surface area contributed by atoms with Gasteiger partial charge in [-0.05, 0) is 43.6 Å². The Hall–Kier alpha value is -7.14. The Labute approximate surface area is 380 Å². The fraction of sp³-hybridized carbons (Fsp3) is 0.571. The van der Waals surface area contributed by atoms with E-state index in [4.69, 9.17) is 5.73 Å². The van der Waals surface area contributed by atoms with Gasteiger partial charge in [0.2, 0.25) is 70.9 Å². The highest BCUT2D eigenvalue weighted by atomic mass is 16.2. The summed E-state index contributed by atoms with van der Waals surface area (Å²) in [6.07, 6.45) is 1.54. The Bertz CT molecular complexity index is 2050. The number of hydrogen-bond acceptors (Lipinski definition) is 12. The SMILES string of the molecule is CC[C@H](C)C1CCCC12NC(=O)CNC(=O)CNC(=O)CNC(=O)C(Cc1ccc(C)cc1)NC(=O)C1CCN1C(=O)CNC(=O)CNC(=O)CNC(=O)CC(C(N)=O)NC(=O)CNC2=O. The average molecular weight is 925 g/mol. The summed E-state index contributed by atoms with van der Waals surface area (Å²) >= 11 is 0. The molecule has 1 aromatic carbocycles. The topological polar surface area (TPSA) is 354 Å². The van der Waals surface area contributed by atoms with Gasteiger partial charge in [0.1, 0.15) is 23.7 Å². The quantitative estimate of drug-likeness (QED) is 0.132. The lowest BCUT2D eigenvalue weighted by Crippen LogP contribution is -2.64. The first-order valence-electron chi connectivity index (χ1n) is 21.8. The molecule has 1 aliphatic carbocycles. The Morgan fingerprint density at radius 3 is 1.79 bits per heavy atom. The predicted octanol–water partition coefficient (Wildman–Crippen LogP) is -5.49. The molecule has 1 aromatic rings. The van der Waals surface area contributed by atoms with Gasteiger partial charge in [0.25, 0.3) is 0 Å². The monoisotopic (exact) mass is 924 g/mol. The average Bonchev–Trinajstić information content (AvgIpc) is 3.69. The predicted molar refractivity (Wildman–Crippen MR) is 231 cm³/mol. The molecular weight excluding hydrogens is 865 g/mol. The molecule has 24 nitrogen and oxygen atoms in total. The number of benzene rings is 1. The van der Waals surface area contributed by atoms with Crippen molar-refractivity contribution in [3.05, 3.63) is 35.4 Å². The van der Waals surface area contributed by atoms with Gasteiger partial charge in [0.05, 0.1) is 52.2 Å². The number of nitrogens with two attached hydrogens (primary N) is 1. The zero-order valence-electron chi connectivity index (χ0n) is 37.2. The lowest BCUT2D eigenvalue weighted by Gasteiger charge is -2.40. The van der Waals surface area contributed by atoms with E-state index >= 15 is 0 Å². The van der Waals surface area contributed by atoms with Crippen LogP contribution in [0.1, 0.15) is 63.5 Å². The van der Waals surface area contributed by atoms with Crippen LogP contribution in [0.3, 0.4) is 0 Å². The standard InChI is InChI=1S/C42H60N12O12/c1-4-24(3)26-6-5-12-42(26)41(66)50-20-35(60)51-27(38(43)63)15-30(55)44-16-31(56)45-18-33(58)48-22-37(62)54-13-11-29(54)40(65)52-28(14-25-9-7-23(2)8-10-25)39(64)49-19-34(59)46-17-32(57)47-21-36(61)53-42/h7-10,24,26-29H,4-6,11-22H2,1-3H3,(H2,43,63)(H,44,55)(H,45,56)(H,46,59)(H,47,57)(H,48,58)(H,49,64)(H,50,66)(H,51,60)(H,52,65)(H,53,61)/t24-,26?,27?,28?,29?,42?/m0/s1. The van der Waals surface area contributed by atoms with Crippen molar-refractivity contribution in [2.75, 3.05) is 52.4 Å². The molecule has 4 rings (SSSR count). The molecule has 1 spiro atoms. The van der Waals surface area contributed by atoms with E-state index < -0.39 is 147 Å². The van der Waals surface area contributed by atoms with Crippen molar-refractivity contribution in [3.8, 4) is 0 Å². The summed E-state index contributed by atoms with van der Waals surface area (Å²) in [4.78, 5) is 156. The van der Waals surface area contributed by atoms with Crippen LogP contribution >= 0.6 is 0 Å². The van der Waals surface area contributed by atoms with Crippen LogP contribution in [-0.4, -0.2) is 152 Å². The van der Waals surface area contributed by atoms with Gasteiger partial charge in [0.15, 0.2) is 0 Å². The lowest BCUT2D eigenvalue weighted by atomic mass is 9.77. The van der Waals surface area contributed by atoms with E-state index in [0.29, 0.717) is 24.8 Å². The minimum absolute atomic E-state index is 0.0142. The van der Waals surface area contributed by atoms with Crippen LogP contribution in [0, 0.1) is 18.8 Å². The highest BCUT2D eigenvalue weighted by Gasteiger charge is 2.51. The van der Waals surface area contributed by atoms with Crippen LogP contribution in [-0.2, 0) is 64.0 Å². The van der Waals surface area contributed by atoms with Gasteiger partial charge in [-0.25, -0.2) is 0 Å². The van der Waals surface area contributed by atoms with E-state index in [1.54, 1.807) is 12.1 Å². The van der Waals surface area contributed by atoms with Crippen LogP contribution in [0.5, 0.6) is 0 Å². The van der Waals surface area contributed by atoms with Crippen molar-refractivity contribution < 1.29 is 57.5 Å². The summed E-state index contributed by atoms with van der Waals surface area (Å²) in [5, 5.41) is 24.2. The largest absolute Gasteiger partial charge is 0.368 e. The molecule has 0 radical (unpaired) electrons. The molecule has 3 aliphatic rings. The third-order valence-electron chi connectivity index (χ3n) is 11.8. The Morgan fingerprint density at radius 2 is 1.23 bits per heavy atom. The maximum Gasteiger partial charge on any atom is 0.246 e. The Balaban J connectivity index is 1.48. The molecule has 0 aromatic heterocycles. The number of hydrogen-bond donors (Lipinski definition) is 11. The molecule has 2 saturated heterocycles. The molecule has 2 heterocycles. The summed E-state index contributed by atoms with van der Waals surface area (Å²) in [5.41, 5.74) is 5.55. The van der Waals surface area contributed by atoms with E-state index in [-0.39, 0.29) is 37.6 Å². The van der Waals surface area contributed by atoms with Crippen LogP contribution in [0.25, 0.3) is 0 Å². The van der Waals surface area contributed by atoms with E-state index in [2.05, 4.69) is 53.2 Å². The molecule has 360 valence electrons. The number of fused-ring (bicyclic) bond motifs is 1. The van der Waals surface area contributed by atoms with Crippen molar-refractivity contribution in [1.82, 2.24) is 58.1 Å². The van der Waals surface area contributed by atoms with Crippen LogP contribution in [0.4, 0.5) is 0 Å². The molecular formula is C42H60N12O12. The number of rotatable bonds is 5. The molecule has 5 unspecified atom stereocenters. The number of primary amides is 1. The fourth-order valence-electron chi connectivity index (χ4n) is 7.85. The van der Waals surface area contributed by atoms with Gasteiger partial charge >= 0.3 is 0 Å². The summed E-state index contributed by atoms with van der Waals surface area (Å²) < 4.78 is 0. The highest BCUT2D eigenvalue weighted by Crippen LogP contribution is 2.42. The van der Waals surface area contributed by atoms with Crippen LogP contribution < -0.4 is 58.9 Å². The maximum absolute atomic E-state index is 13.9. The second kappa shape index (κ2) is 24.2. The molecule has 3 fully saturated rings. The summed E-state index contributed by atoms with van der Waals surface area (Å²) in [6.45, 7) is 1.66. The van der Waals surface area contributed by atoms with E-state index in [0.717, 1.165) is 5.56 Å². The first-order valence-corrected chi connectivity index (χ1v) is 21.8. The smallest absolute Gasteiger partial charge is 0.246 e. The van der Waals surface area contributed by atoms with E-state index in [1.165, 1.54) is 4.90 Å². The minimum atomic E-state index is -1.55. The van der Waals surface area contributed by atoms with Gasteiger partial charge in [-0.3, -0.25) is 57.5 Å². The van der Waals surface area contributed by atoms with Crippen molar-refractivity contribution >= 4 is 70.9 Å². The Morgan fingerprint density at radius 1 is 0.682 bits per heavy atom. The van der Waals surface area contributed by atoms with Crippen molar-refractivity contribution in [2.45, 2.75) is 89.4 Å².